The number of rotatable bonds is 13. The van der Waals surface area contributed by atoms with Gasteiger partial charge in [0.1, 0.15) is 73.2 Å². The summed E-state index contributed by atoms with van der Waals surface area (Å²) in [7, 11) is 0. The fourth-order valence-electron chi connectivity index (χ4n) is 14.2. The van der Waals surface area contributed by atoms with Crippen molar-refractivity contribution in [3.8, 4) is 0 Å². The van der Waals surface area contributed by atoms with Gasteiger partial charge in [-0.05, 0) is 97.7 Å². The fraction of sp³-hybridized carbons (Fsp3) is 1.00. The highest BCUT2D eigenvalue weighted by Crippen LogP contribution is 2.71. The predicted octanol–water partition coefficient (Wildman–Crippen LogP) is -2.81. The molecule has 0 bridgehead atoms. The molecule has 4 aliphatic heterocycles. The van der Waals surface area contributed by atoms with Crippen molar-refractivity contribution >= 4 is 0 Å². The van der Waals surface area contributed by atoms with Gasteiger partial charge in [0.2, 0.25) is 0 Å². The Balaban J connectivity index is 0.885. The summed E-state index contributed by atoms with van der Waals surface area (Å²) in [5.41, 5.74) is -0.302. The van der Waals surface area contributed by atoms with Crippen LogP contribution in [-0.2, 0) is 33.2 Å². The molecule has 13 N–H and O–H groups in total. The summed E-state index contributed by atoms with van der Waals surface area (Å²) < 4.78 is 41.7. The molecule has 8 aliphatic rings. The minimum absolute atomic E-state index is 0.0708. The summed E-state index contributed by atoms with van der Waals surface area (Å²) >= 11 is 0. The molecule has 20 heteroatoms. The number of aliphatic hydroxyl groups is 13. The zero-order valence-corrected chi connectivity index (χ0v) is 37.8. The molecule has 1 unspecified atom stereocenters. The molecule has 20 nitrogen and oxygen atoms in total. The molecule has 4 aliphatic carbocycles. The van der Waals surface area contributed by atoms with Crippen LogP contribution in [0.2, 0.25) is 0 Å². The van der Waals surface area contributed by atoms with E-state index in [2.05, 4.69) is 20.8 Å². The maximum absolute atomic E-state index is 12.1. The number of fused-ring (bicyclic) bond motifs is 7. The molecule has 0 radical (unpaired) electrons. The molecule has 4 saturated heterocycles. The highest BCUT2D eigenvalue weighted by atomic mass is 16.8. The van der Waals surface area contributed by atoms with Crippen molar-refractivity contribution in [2.24, 2.45) is 52.3 Å². The predicted molar refractivity (Wildman–Crippen MR) is 220 cm³/mol. The Morgan fingerprint density at radius 1 is 0.646 bits per heavy atom. The number of hydrogen-bond acceptors (Lipinski definition) is 20. The maximum atomic E-state index is 12.1. The van der Waals surface area contributed by atoms with Gasteiger partial charge in [0.25, 0.3) is 0 Å². The summed E-state index contributed by atoms with van der Waals surface area (Å²) in [6.45, 7) is 6.91. The molecule has 0 aromatic carbocycles. The minimum Gasteiger partial charge on any atom is -0.394 e. The monoisotopic (exact) mass is 936 g/mol. The summed E-state index contributed by atoms with van der Waals surface area (Å²) in [5.74, 6) is -0.194. The quantitative estimate of drug-likeness (QED) is 0.0829. The van der Waals surface area contributed by atoms with Crippen LogP contribution in [0, 0.1) is 52.3 Å². The van der Waals surface area contributed by atoms with Gasteiger partial charge in [0, 0.05) is 12.3 Å². The number of ether oxygens (including phenoxy) is 7. The van der Waals surface area contributed by atoms with Crippen molar-refractivity contribution < 1.29 is 99.5 Å². The maximum Gasteiger partial charge on any atom is 0.187 e. The van der Waals surface area contributed by atoms with Crippen LogP contribution in [0.5, 0.6) is 0 Å². The van der Waals surface area contributed by atoms with E-state index in [0.29, 0.717) is 43.4 Å². The van der Waals surface area contributed by atoms with Crippen LogP contribution < -0.4 is 0 Å². The molecule has 0 aromatic rings. The van der Waals surface area contributed by atoms with Crippen LogP contribution in [0.15, 0.2) is 0 Å². The SMILES string of the molecule is C[C@H](CCC1(O)O[C@H]2C[C@H]3[C@@H]4CC[C@@H]5C[C@@H](O[C@@H]6O[C@H](CO)[C@H](O)[C@H](O)[C@H]6O[C@@H]6O[C@H](CO)[C@@H](O)[C@H](O)[C@H]6O)[C@@H](O)C[C@]5(C)[C@H]4CC[C@]3(C)[C@H]2[C@@H]1C)CO[C@@H]1O[C@H](CO)[C@@H](O)[C@H](O)[C@H]1O. The molecule has 0 spiro atoms. The van der Waals surface area contributed by atoms with Crippen molar-refractivity contribution in [1.82, 2.24) is 0 Å². The molecule has 0 aromatic heterocycles. The summed E-state index contributed by atoms with van der Waals surface area (Å²) in [5, 5.41) is 137. The lowest BCUT2D eigenvalue weighted by atomic mass is 9.44. The molecular formula is C45H76O20. The summed E-state index contributed by atoms with van der Waals surface area (Å²) in [4.78, 5) is 0. The zero-order valence-electron chi connectivity index (χ0n) is 37.8. The van der Waals surface area contributed by atoms with Gasteiger partial charge in [-0.15, -0.1) is 0 Å². The smallest absolute Gasteiger partial charge is 0.187 e. The lowest BCUT2D eigenvalue weighted by Crippen LogP contribution is -2.65. The molecule has 4 saturated carbocycles. The Hall–Kier alpha value is -0.800. The molecule has 0 amide bonds. The highest BCUT2D eigenvalue weighted by Gasteiger charge is 2.69. The first-order chi connectivity index (χ1) is 30.7. The minimum atomic E-state index is -1.81. The Morgan fingerprint density at radius 2 is 1.23 bits per heavy atom. The third-order valence-electron chi connectivity index (χ3n) is 18.0. The van der Waals surface area contributed by atoms with E-state index in [-0.39, 0.29) is 47.2 Å². The van der Waals surface area contributed by atoms with Gasteiger partial charge in [-0.3, -0.25) is 0 Å². The van der Waals surface area contributed by atoms with E-state index in [0.717, 1.165) is 32.1 Å². The standard InChI is InChI=1S/C45H76O20/c1-18(17-59-40-37(56)34(53)31(50)27(14-46)61-40)7-10-45(58)19(2)30-26(65-45)12-23-21-6-5-20-11-25(24(49)13-44(20,4)22(21)8-9-43(23,30)3)60-42-39(36(55)33(52)29(16-48)63-42)64-41-38(57)35(54)32(51)28(15-47)62-41/h18-42,46-58H,5-17H2,1-4H3/t18-,19+,20-,21-,22+,23+,24+,25-,26+,27-,28-,29-,30+,31-,32-,33+,34+,35+,36+,37-,38-,39-,40-,41+,42-,43+,44+,45?/m1/s1. The van der Waals surface area contributed by atoms with Gasteiger partial charge in [0.05, 0.1) is 44.7 Å². The fourth-order valence-corrected chi connectivity index (χ4v) is 14.2. The molecule has 376 valence electrons. The highest BCUT2D eigenvalue weighted by molar-refractivity contribution is 5.15. The molecule has 28 atom stereocenters. The van der Waals surface area contributed by atoms with Gasteiger partial charge in [0.15, 0.2) is 24.7 Å². The van der Waals surface area contributed by atoms with Crippen LogP contribution in [0.1, 0.15) is 85.5 Å². The van der Waals surface area contributed by atoms with Gasteiger partial charge < -0.3 is 99.5 Å². The molecular weight excluding hydrogens is 860 g/mol. The third-order valence-corrected chi connectivity index (χ3v) is 18.0. The molecule has 4 heterocycles. The van der Waals surface area contributed by atoms with E-state index in [1.807, 2.05) is 6.92 Å². The first-order valence-corrected chi connectivity index (χ1v) is 23.9. The average molecular weight is 937 g/mol. The zero-order chi connectivity index (χ0) is 47.1. The van der Waals surface area contributed by atoms with E-state index in [4.69, 9.17) is 33.2 Å². The number of aliphatic hydroxyl groups excluding tert-OH is 12. The Labute approximate surface area is 379 Å². The largest absolute Gasteiger partial charge is 0.394 e. The Bertz CT molecular complexity index is 1600. The van der Waals surface area contributed by atoms with Crippen LogP contribution >= 0.6 is 0 Å². The van der Waals surface area contributed by atoms with Gasteiger partial charge in [-0.1, -0.05) is 27.7 Å². The van der Waals surface area contributed by atoms with E-state index in [1.54, 1.807) is 0 Å². The summed E-state index contributed by atoms with van der Waals surface area (Å²) in [6.07, 6.45) is -18.0. The normalized spacial score (nSPS) is 56.1. The second kappa shape index (κ2) is 19.4. The lowest BCUT2D eigenvalue weighted by molar-refractivity contribution is -0.376. The van der Waals surface area contributed by atoms with Crippen LogP contribution in [0.4, 0.5) is 0 Å². The Morgan fingerprint density at radius 3 is 1.86 bits per heavy atom. The number of hydrogen-bond donors (Lipinski definition) is 13. The third kappa shape index (κ3) is 8.89. The summed E-state index contributed by atoms with van der Waals surface area (Å²) in [6, 6.07) is 0. The molecule has 8 rings (SSSR count). The second-order valence-corrected chi connectivity index (χ2v) is 21.6. The van der Waals surface area contributed by atoms with E-state index in [9.17, 15) is 66.4 Å². The van der Waals surface area contributed by atoms with Crippen molar-refractivity contribution in [2.75, 3.05) is 26.4 Å². The lowest BCUT2D eigenvalue weighted by Gasteiger charge is -2.62. The second-order valence-electron chi connectivity index (χ2n) is 21.6. The van der Waals surface area contributed by atoms with Crippen LogP contribution in [0.25, 0.3) is 0 Å². The van der Waals surface area contributed by atoms with Gasteiger partial charge >= 0.3 is 0 Å². The van der Waals surface area contributed by atoms with Gasteiger partial charge in [-0.25, -0.2) is 0 Å². The van der Waals surface area contributed by atoms with Crippen LogP contribution in [-0.4, -0.2) is 209 Å². The van der Waals surface area contributed by atoms with Gasteiger partial charge in [-0.2, -0.15) is 0 Å². The Kier molecular flexibility index (Phi) is 15.1. The van der Waals surface area contributed by atoms with E-state index >= 15 is 0 Å². The van der Waals surface area contributed by atoms with Crippen molar-refractivity contribution in [3.05, 3.63) is 0 Å². The first-order valence-electron chi connectivity index (χ1n) is 23.9. The molecule has 8 fully saturated rings. The van der Waals surface area contributed by atoms with Crippen molar-refractivity contribution in [3.63, 3.8) is 0 Å². The first kappa shape index (κ1) is 50.6. The van der Waals surface area contributed by atoms with Crippen molar-refractivity contribution in [2.45, 2.75) is 202 Å². The van der Waals surface area contributed by atoms with Crippen molar-refractivity contribution in [1.29, 1.82) is 0 Å². The molecule has 65 heavy (non-hydrogen) atoms. The van der Waals surface area contributed by atoms with E-state index < -0.39 is 130 Å². The topological polar surface area (TPSA) is 328 Å². The van der Waals surface area contributed by atoms with Crippen LogP contribution in [0.3, 0.4) is 0 Å². The average Bonchev–Trinajstić information content (AvgIpc) is 3.72. The van der Waals surface area contributed by atoms with E-state index in [1.165, 1.54) is 0 Å².